The van der Waals surface area contributed by atoms with Gasteiger partial charge in [-0.05, 0) is 44.4 Å². The number of anilines is 1. The molecule has 0 spiro atoms. The Morgan fingerprint density at radius 3 is 2.38 bits per heavy atom. The van der Waals surface area contributed by atoms with Crippen molar-refractivity contribution in [1.82, 2.24) is 25.0 Å². The molecule has 1 aromatic carbocycles. The van der Waals surface area contributed by atoms with E-state index in [1.807, 2.05) is 0 Å². The summed E-state index contributed by atoms with van der Waals surface area (Å²) in [5.74, 6) is -2.64. The van der Waals surface area contributed by atoms with Crippen LogP contribution in [0.15, 0.2) is 23.4 Å². The van der Waals surface area contributed by atoms with Gasteiger partial charge in [0.1, 0.15) is 12.2 Å². The summed E-state index contributed by atoms with van der Waals surface area (Å²) in [5, 5.41) is 60.3. The van der Waals surface area contributed by atoms with Crippen molar-refractivity contribution in [2.75, 3.05) is 24.3 Å². The summed E-state index contributed by atoms with van der Waals surface area (Å²) in [6, 6.07) is 3.26. The molecule has 0 amide bonds. The zero-order valence-corrected chi connectivity index (χ0v) is 28.0. The van der Waals surface area contributed by atoms with Gasteiger partial charge in [0.2, 0.25) is 0 Å². The Morgan fingerprint density at radius 1 is 1.11 bits per heavy atom. The van der Waals surface area contributed by atoms with Crippen LogP contribution in [0.2, 0.25) is 0 Å². The molecule has 2 aliphatic rings. The Morgan fingerprint density at radius 2 is 1.78 bits per heavy atom. The number of nitrogens with one attached hydrogen (secondary N) is 1. The van der Waals surface area contributed by atoms with E-state index in [9.17, 15) is 19.0 Å². The van der Waals surface area contributed by atoms with E-state index in [-0.39, 0.29) is 69.3 Å². The van der Waals surface area contributed by atoms with Gasteiger partial charge in [-0.25, -0.2) is 23.4 Å². The van der Waals surface area contributed by atoms with Gasteiger partial charge in [-0.15, -0.1) is 5.10 Å². The first-order valence-corrected chi connectivity index (χ1v) is 14.8. The SMILES string of the molecule is CC(=O)[O-].CC(=O)[O-].CCCSc1nc(N[C@@H]2C[C@H]2c2ccc(F)c(F)c2)c2nnn([C@@H]3C[C@H](OCCO)[C@@H](O)[C@H]3O)c2n1.[Ca+2]. The van der Waals surface area contributed by atoms with Crippen LogP contribution in [0, 0.1) is 11.6 Å². The smallest absolute Gasteiger partial charge is 0.550 e. The van der Waals surface area contributed by atoms with E-state index in [0.29, 0.717) is 27.7 Å². The molecule has 0 saturated heterocycles. The van der Waals surface area contributed by atoms with Crippen LogP contribution in [0.5, 0.6) is 0 Å². The quantitative estimate of drug-likeness (QED) is 0.116. The number of carboxylic acids is 2. The molecule has 14 nitrogen and oxygen atoms in total. The van der Waals surface area contributed by atoms with E-state index in [4.69, 9.17) is 29.6 Å². The predicted octanol–water partition coefficient (Wildman–Crippen LogP) is -0.855. The second-order valence-corrected chi connectivity index (χ2v) is 11.1. The van der Waals surface area contributed by atoms with Crippen molar-refractivity contribution < 1.29 is 48.6 Å². The van der Waals surface area contributed by atoms with E-state index in [0.717, 1.165) is 38.5 Å². The van der Waals surface area contributed by atoms with Crippen LogP contribution in [-0.2, 0) is 14.3 Å². The molecule has 2 aliphatic carbocycles. The number of carbonyl (C=O) groups is 2. The molecule has 45 heavy (non-hydrogen) atoms. The summed E-state index contributed by atoms with van der Waals surface area (Å²) in [6.07, 6.45) is -1.04. The fourth-order valence-corrected chi connectivity index (χ4v) is 5.31. The number of carboxylic acid groups (broad SMARTS) is 2. The number of rotatable bonds is 10. The van der Waals surface area contributed by atoms with Gasteiger partial charge in [-0.3, -0.25) is 0 Å². The zero-order chi connectivity index (χ0) is 32.6. The van der Waals surface area contributed by atoms with Crippen LogP contribution >= 0.6 is 11.8 Å². The minimum Gasteiger partial charge on any atom is -0.550 e. The van der Waals surface area contributed by atoms with E-state index in [2.05, 4.69) is 32.5 Å². The Balaban J connectivity index is 0.000000704. The van der Waals surface area contributed by atoms with Crippen LogP contribution in [0.25, 0.3) is 11.2 Å². The maximum Gasteiger partial charge on any atom is 2.00 e. The van der Waals surface area contributed by atoms with Gasteiger partial charge in [0.05, 0.1) is 25.4 Å². The molecule has 0 aliphatic heterocycles. The minimum atomic E-state index is -1.15. The topological polar surface area (TPSA) is 219 Å². The van der Waals surface area contributed by atoms with Crippen molar-refractivity contribution in [2.24, 2.45) is 0 Å². The van der Waals surface area contributed by atoms with Gasteiger partial charge in [0, 0.05) is 36.1 Å². The summed E-state index contributed by atoms with van der Waals surface area (Å²) in [5.41, 5.74) is 1.53. The van der Waals surface area contributed by atoms with Gasteiger partial charge in [0.15, 0.2) is 33.8 Å². The molecule has 5 rings (SSSR count). The van der Waals surface area contributed by atoms with Crippen molar-refractivity contribution in [1.29, 1.82) is 0 Å². The molecule has 0 radical (unpaired) electrons. The molecule has 2 saturated carbocycles. The number of halogens is 2. The molecule has 2 aromatic heterocycles. The number of aliphatic hydroxyl groups excluding tert-OH is 3. The van der Waals surface area contributed by atoms with Crippen LogP contribution < -0.4 is 15.5 Å². The van der Waals surface area contributed by atoms with E-state index in [1.165, 1.54) is 22.5 Å². The minimum absolute atomic E-state index is 0. The summed E-state index contributed by atoms with van der Waals surface area (Å²) >= 11 is 1.48. The molecule has 2 fully saturated rings. The number of ether oxygens (including phenoxy) is 1. The van der Waals surface area contributed by atoms with Crippen LogP contribution in [0.4, 0.5) is 14.6 Å². The fraction of sp³-hybridized carbons (Fsp3) is 0.556. The van der Waals surface area contributed by atoms with Crippen molar-refractivity contribution in [3.8, 4) is 0 Å². The van der Waals surface area contributed by atoms with Crippen molar-refractivity contribution in [3.63, 3.8) is 0 Å². The number of aliphatic hydroxyl groups is 3. The third-order valence-electron chi connectivity index (χ3n) is 6.56. The monoisotopic (exact) mass is 680 g/mol. The molecule has 3 aromatic rings. The number of aliphatic carboxylic acids is 2. The predicted molar refractivity (Wildman–Crippen MR) is 155 cm³/mol. The molecule has 6 atom stereocenters. The molecule has 242 valence electrons. The van der Waals surface area contributed by atoms with Crippen LogP contribution in [0.3, 0.4) is 0 Å². The Kier molecular flexibility index (Phi) is 15.7. The van der Waals surface area contributed by atoms with Crippen molar-refractivity contribution in [2.45, 2.75) is 81.5 Å². The maximum absolute atomic E-state index is 13.7. The summed E-state index contributed by atoms with van der Waals surface area (Å²) < 4.78 is 34.0. The fourth-order valence-electron chi connectivity index (χ4n) is 4.61. The third kappa shape index (κ3) is 10.9. The Hall–Kier alpha value is -2.25. The Bertz CT molecular complexity index is 1420. The van der Waals surface area contributed by atoms with Gasteiger partial charge in [-0.2, -0.15) is 0 Å². The molecule has 18 heteroatoms. The molecular weight excluding hydrogens is 646 g/mol. The zero-order valence-electron chi connectivity index (χ0n) is 24.9. The van der Waals surface area contributed by atoms with E-state index < -0.39 is 47.9 Å². The van der Waals surface area contributed by atoms with Gasteiger partial charge in [0.25, 0.3) is 0 Å². The van der Waals surface area contributed by atoms with Crippen molar-refractivity contribution >= 4 is 78.4 Å². The normalized spacial score (nSPS) is 23.2. The number of carbonyl (C=O) groups excluding carboxylic acids is 2. The maximum atomic E-state index is 13.7. The van der Waals surface area contributed by atoms with Crippen LogP contribution in [-0.4, -0.2) is 133 Å². The summed E-state index contributed by atoms with van der Waals surface area (Å²) in [4.78, 5) is 27.0. The first kappa shape index (κ1) is 38.9. The molecular formula is C27H34CaF2N6O8S. The van der Waals surface area contributed by atoms with Gasteiger partial charge < -0.3 is 45.2 Å². The summed E-state index contributed by atoms with van der Waals surface area (Å²) in [7, 11) is 0. The number of hydrogen-bond donors (Lipinski definition) is 4. The van der Waals surface area contributed by atoms with Gasteiger partial charge in [-0.1, -0.05) is 30.0 Å². The summed E-state index contributed by atoms with van der Waals surface area (Å²) in [6.45, 7) is 3.85. The first-order chi connectivity index (χ1) is 20.9. The van der Waals surface area contributed by atoms with E-state index >= 15 is 0 Å². The van der Waals surface area contributed by atoms with Gasteiger partial charge >= 0.3 is 37.7 Å². The second-order valence-electron chi connectivity index (χ2n) is 10.1. The van der Waals surface area contributed by atoms with Crippen molar-refractivity contribution in [3.05, 3.63) is 35.4 Å². The van der Waals surface area contributed by atoms with Crippen LogP contribution in [0.1, 0.15) is 57.6 Å². The largest absolute Gasteiger partial charge is 2.00 e. The average Bonchev–Trinajstić information content (AvgIpc) is 3.50. The van der Waals surface area contributed by atoms with E-state index in [1.54, 1.807) is 6.07 Å². The third-order valence-corrected chi connectivity index (χ3v) is 7.61. The number of thioether (sulfide) groups is 1. The molecule has 2 heterocycles. The first-order valence-electron chi connectivity index (χ1n) is 13.8. The number of aromatic nitrogens is 5. The average molecular weight is 681 g/mol. The Labute approximate surface area is 291 Å². The number of hydrogen-bond acceptors (Lipinski definition) is 14. The molecule has 0 unspecified atom stereocenters. The standard InChI is InChI=1S/C23H28F2N6O4S.2C2H4O2.Ca/c1-2-7-36-23-27-21(26-15-9-12(15)11-3-4-13(24)14(25)8-11)18-22(28-23)31(30-29-18)16-10-17(35-6-5-32)20(34)19(16)33;2*1-2(3)4;/h3-4,8,12,15-17,19-20,32-34H,2,5-7,9-10H2,1H3,(H,26,27,28);2*1H3,(H,3,4);/q;;;+2/p-2/t12-,15+,16+,17-,19-,20+;;;/m0.../s1. The number of fused-ring (bicyclic) bond motifs is 1. The molecule has 4 N–H and O–H groups in total. The second kappa shape index (κ2) is 18.2. The number of benzene rings is 1. The molecule has 0 bridgehead atoms. The number of nitrogens with zero attached hydrogens (tertiary/aromatic N) is 5.